The van der Waals surface area contributed by atoms with E-state index in [2.05, 4.69) is 9.71 Å². The number of aliphatic carboxylic acids is 1. The van der Waals surface area contributed by atoms with Crippen molar-refractivity contribution >= 4 is 16.2 Å². The van der Waals surface area contributed by atoms with Crippen LogP contribution in [0.1, 0.15) is 18.5 Å². The van der Waals surface area contributed by atoms with Crippen LogP contribution in [0.2, 0.25) is 0 Å². The highest BCUT2D eigenvalue weighted by Crippen LogP contribution is 2.18. The molecule has 1 unspecified atom stereocenters. The quantitative estimate of drug-likeness (QED) is 0.810. The highest BCUT2D eigenvalue weighted by Gasteiger charge is 2.31. The SMILES string of the molecule is O=C(O)C1CCCN(S(=O)(=O)NCc2ccccn2)C1. The minimum atomic E-state index is -3.67. The Labute approximate surface area is 117 Å². The molecule has 0 bridgehead atoms. The van der Waals surface area contributed by atoms with Crippen LogP contribution in [0.3, 0.4) is 0 Å². The molecule has 0 aliphatic carbocycles. The van der Waals surface area contributed by atoms with Crippen LogP contribution in [0.15, 0.2) is 24.4 Å². The Hall–Kier alpha value is -1.51. The summed E-state index contributed by atoms with van der Waals surface area (Å²) in [7, 11) is -3.67. The first-order chi connectivity index (χ1) is 9.49. The van der Waals surface area contributed by atoms with E-state index in [-0.39, 0.29) is 13.1 Å². The summed E-state index contributed by atoms with van der Waals surface area (Å²) in [6.45, 7) is 0.464. The highest BCUT2D eigenvalue weighted by atomic mass is 32.2. The van der Waals surface area contributed by atoms with Gasteiger partial charge in [0, 0.05) is 19.3 Å². The standard InChI is InChI=1S/C12H17N3O4S/c16-12(17)10-4-3-7-15(9-10)20(18,19)14-8-11-5-1-2-6-13-11/h1-2,5-6,10,14H,3-4,7-9H2,(H,16,17). The molecule has 7 nitrogen and oxygen atoms in total. The number of aromatic nitrogens is 1. The average molecular weight is 299 g/mol. The molecule has 20 heavy (non-hydrogen) atoms. The summed E-state index contributed by atoms with van der Waals surface area (Å²) in [5.74, 6) is -1.58. The lowest BCUT2D eigenvalue weighted by Gasteiger charge is -2.29. The van der Waals surface area contributed by atoms with E-state index >= 15 is 0 Å². The van der Waals surface area contributed by atoms with Gasteiger partial charge in [0.1, 0.15) is 0 Å². The second-order valence-electron chi connectivity index (χ2n) is 4.68. The first-order valence-corrected chi connectivity index (χ1v) is 7.80. The third-order valence-electron chi connectivity index (χ3n) is 3.24. The van der Waals surface area contributed by atoms with Crippen molar-refractivity contribution in [3.63, 3.8) is 0 Å². The molecule has 0 saturated carbocycles. The Morgan fingerprint density at radius 1 is 1.50 bits per heavy atom. The van der Waals surface area contributed by atoms with E-state index in [1.807, 2.05) is 0 Å². The zero-order chi connectivity index (χ0) is 14.6. The van der Waals surface area contributed by atoms with Crippen molar-refractivity contribution in [2.24, 2.45) is 5.92 Å². The largest absolute Gasteiger partial charge is 0.481 e. The summed E-state index contributed by atoms with van der Waals surface area (Å²) < 4.78 is 27.9. The monoisotopic (exact) mass is 299 g/mol. The first kappa shape index (κ1) is 14.9. The molecule has 2 heterocycles. The average Bonchev–Trinajstić information content (AvgIpc) is 2.46. The lowest BCUT2D eigenvalue weighted by molar-refractivity contribution is -0.142. The number of nitrogens with zero attached hydrogens (tertiary/aromatic N) is 2. The molecule has 1 aromatic heterocycles. The summed E-state index contributed by atoms with van der Waals surface area (Å²) >= 11 is 0. The molecule has 1 atom stereocenters. The van der Waals surface area contributed by atoms with Gasteiger partial charge < -0.3 is 5.11 Å². The number of pyridine rings is 1. The predicted molar refractivity (Wildman–Crippen MR) is 71.9 cm³/mol. The van der Waals surface area contributed by atoms with E-state index in [0.717, 1.165) is 0 Å². The van der Waals surface area contributed by atoms with Crippen molar-refractivity contribution in [2.45, 2.75) is 19.4 Å². The van der Waals surface area contributed by atoms with Crippen LogP contribution in [0, 0.1) is 5.92 Å². The summed E-state index contributed by atoms with van der Waals surface area (Å²) in [5.41, 5.74) is 0.614. The molecule has 2 rings (SSSR count). The van der Waals surface area contributed by atoms with Crippen LogP contribution in [0.25, 0.3) is 0 Å². The molecule has 0 amide bonds. The van der Waals surface area contributed by atoms with Gasteiger partial charge in [-0.1, -0.05) is 6.07 Å². The lowest BCUT2D eigenvalue weighted by Crippen LogP contribution is -2.47. The van der Waals surface area contributed by atoms with Gasteiger partial charge in [0.05, 0.1) is 18.2 Å². The molecule has 8 heteroatoms. The molecule has 1 fully saturated rings. The molecular formula is C12H17N3O4S. The lowest BCUT2D eigenvalue weighted by atomic mass is 10.0. The van der Waals surface area contributed by atoms with Crippen molar-refractivity contribution in [3.05, 3.63) is 30.1 Å². The summed E-state index contributed by atoms with van der Waals surface area (Å²) in [6, 6.07) is 5.25. The van der Waals surface area contributed by atoms with Gasteiger partial charge in [-0.25, -0.2) is 0 Å². The highest BCUT2D eigenvalue weighted by molar-refractivity contribution is 7.87. The van der Waals surface area contributed by atoms with E-state index in [1.54, 1.807) is 24.4 Å². The van der Waals surface area contributed by atoms with E-state index < -0.39 is 22.1 Å². The van der Waals surface area contributed by atoms with Crippen LogP contribution in [0.5, 0.6) is 0 Å². The van der Waals surface area contributed by atoms with Crippen LogP contribution in [0.4, 0.5) is 0 Å². The van der Waals surface area contributed by atoms with Crippen molar-refractivity contribution in [3.8, 4) is 0 Å². The number of hydrogen-bond donors (Lipinski definition) is 2. The molecular weight excluding hydrogens is 282 g/mol. The number of nitrogens with one attached hydrogen (secondary N) is 1. The molecule has 1 aliphatic heterocycles. The smallest absolute Gasteiger partial charge is 0.307 e. The van der Waals surface area contributed by atoms with E-state index in [1.165, 1.54) is 4.31 Å². The van der Waals surface area contributed by atoms with E-state index in [0.29, 0.717) is 25.1 Å². The van der Waals surface area contributed by atoms with Gasteiger partial charge in [-0.2, -0.15) is 17.4 Å². The number of carbonyl (C=O) groups is 1. The van der Waals surface area contributed by atoms with E-state index in [4.69, 9.17) is 5.11 Å². The second kappa shape index (κ2) is 6.29. The zero-order valence-corrected chi connectivity index (χ0v) is 11.7. The van der Waals surface area contributed by atoms with Gasteiger partial charge in [0.2, 0.25) is 0 Å². The van der Waals surface area contributed by atoms with Gasteiger partial charge in [0.15, 0.2) is 0 Å². The van der Waals surface area contributed by atoms with Crippen LogP contribution in [-0.4, -0.2) is 41.9 Å². The molecule has 110 valence electrons. The Morgan fingerprint density at radius 2 is 2.30 bits per heavy atom. The number of piperidine rings is 1. The zero-order valence-electron chi connectivity index (χ0n) is 10.9. The maximum Gasteiger partial charge on any atom is 0.307 e. The van der Waals surface area contributed by atoms with Crippen molar-refractivity contribution in [1.82, 2.24) is 14.0 Å². The molecule has 0 radical (unpaired) electrons. The van der Waals surface area contributed by atoms with Gasteiger partial charge >= 0.3 is 5.97 Å². The topological polar surface area (TPSA) is 99.6 Å². The Balaban J connectivity index is 1.97. The minimum absolute atomic E-state index is 0.0207. The number of carboxylic acid groups (broad SMARTS) is 1. The van der Waals surface area contributed by atoms with Gasteiger partial charge in [-0.3, -0.25) is 9.78 Å². The summed E-state index contributed by atoms with van der Waals surface area (Å²) in [6.07, 6.45) is 2.66. The summed E-state index contributed by atoms with van der Waals surface area (Å²) in [5, 5.41) is 8.98. The second-order valence-corrected chi connectivity index (χ2v) is 6.44. The van der Waals surface area contributed by atoms with Crippen molar-refractivity contribution in [2.75, 3.05) is 13.1 Å². The third-order valence-corrected chi connectivity index (χ3v) is 4.76. The van der Waals surface area contributed by atoms with Crippen LogP contribution >= 0.6 is 0 Å². The van der Waals surface area contributed by atoms with E-state index in [9.17, 15) is 13.2 Å². The Bertz CT molecular complexity index is 561. The maximum absolute atomic E-state index is 12.1. The van der Waals surface area contributed by atoms with Crippen LogP contribution < -0.4 is 4.72 Å². The molecule has 2 N–H and O–H groups in total. The first-order valence-electron chi connectivity index (χ1n) is 6.36. The number of rotatable bonds is 5. The van der Waals surface area contributed by atoms with Gasteiger partial charge in [0.25, 0.3) is 10.2 Å². The number of carboxylic acids is 1. The third kappa shape index (κ3) is 3.75. The number of hydrogen-bond acceptors (Lipinski definition) is 4. The van der Waals surface area contributed by atoms with Crippen LogP contribution in [-0.2, 0) is 21.5 Å². The normalized spacial score (nSPS) is 20.7. The van der Waals surface area contributed by atoms with Gasteiger partial charge in [-0.05, 0) is 25.0 Å². The van der Waals surface area contributed by atoms with Crippen molar-refractivity contribution < 1.29 is 18.3 Å². The van der Waals surface area contributed by atoms with Gasteiger partial charge in [-0.15, -0.1) is 0 Å². The predicted octanol–water partition coefficient (Wildman–Crippen LogP) is 0.213. The fourth-order valence-electron chi connectivity index (χ4n) is 2.12. The molecule has 1 saturated heterocycles. The fourth-order valence-corrected chi connectivity index (χ4v) is 3.38. The Morgan fingerprint density at radius 3 is 2.95 bits per heavy atom. The summed E-state index contributed by atoms with van der Waals surface area (Å²) in [4.78, 5) is 15.0. The Kier molecular flexibility index (Phi) is 4.69. The van der Waals surface area contributed by atoms with Crippen molar-refractivity contribution in [1.29, 1.82) is 0 Å². The molecule has 0 spiro atoms. The molecule has 0 aromatic carbocycles. The minimum Gasteiger partial charge on any atom is -0.481 e. The fraction of sp³-hybridized carbons (Fsp3) is 0.500. The molecule has 1 aliphatic rings. The molecule has 1 aromatic rings. The maximum atomic E-state index is 12.1.